The molecule has 4 heteroatoms. The Kier molecular flexibility index (Phi) is 1.75. The molecule has 12 heavy (non-hydrogen) atoms. The summed E-state index contributed by atoms with van der Waals surface area (Å²) in [4.78, 5) is 18.1. The number of nitrogens with one attached hydrogen (secondary N) is 1. The number of thiazole rings is 1. The van der Waals surface area contributed by atoms with Crippen LogP contribution in [0.25, 0.3) is 10.7 Å². The fourth-order valence-corrected chi connectivity index (χ4v) is 1.65. The molecule has 0 radical (unpaired) electrons. The minimum atomic E-state index is 0.652. The van der Waals surface area contributed by atoms with Crippen LogP contribution in [0, 0.1) is 0 Å². The van der Waals surface area contributed by atoms with Crippen molar-refractivity contribution in [2.75, 3.05) is 0 Å². The molecule has 0 saturated carbocycles. The maximum Gasteiger partial charge on any atom is 0.161 e. The number of H-pyrrole nitrogens is 1. The van der Waals surface area contributed by atoms with E-state index in [9.17, 15) is 4.79 Å². The number of nitrogens with zero attached hydrogens (tertiary/aromatic N) is 1. The lowest BCUT2D eigenvalue weighted by Gasteiger charge is -1.85. The highest BCUT2D eigenvalue weighted by molar-refractivity contribution is 7.16. The van der Waals surface area contributed by atoms with Crippen LogP contribution in [0.4, 0.5) is 0 Å². The summed E-state index contributed by atoms with van der Waals surface area (Å²) >= 11 is 1.38. The Morgan fingerprint density at radius 3 is 3.08 bits per heavy atom. The van der Waals surface area contributed by atoms with Crippen molar-refractivity contribution in [1.82, 2.24) is 9.97 Å². The van der Waals surface area contributed by atoms with E-state index in [1.54, 1.807) is 6.20 Å². The van der Waals surface area contributed by atoms with Crippen molar-refractivity contribution in [3.8, 4) is 10.7 Å². The molecule has 60 valence electrons. The van der Waals surface area contributed by atoms with Gasteiger partial charge in [-0.1, -0.05) is 0 Å². The highest BCUT2D eigenvalue weighted by atomic mass is 32.1. The van der Waals surface area contributed by atoms with Crippen LogP contribution in [0.15, 0.2) is 24.5 Å². The Morgan fingerprint density at radius 1 is 1.58 bits per heavy atom. The molecule has 0 spiro atoms. The van der Waals surface area contributed by atoms with Gasteiger partial charge in [-0.25, -0.2) is 4.98 Å². The predicted molar refractivity (Wildman–Crippen MR) is 47.3 cm³/mol. The van der Waals surface area contributed by atoms with Crippen molar-refractivity contribution in [2.45, 2.75) is 0 Å². The molecule has 1 N–H and O–H groups in total. The molecule has 2 rings (SSSR count). The van der Waals surface area contributed by atoms with Gasteiger partial charge in [0.05, 0.1) is 10.6 Å². The molecule has 0 aliphatic rings. The van der Waals surface area contributed by atoms with E-state index >= 15 is 0 Å². The van der Waals surface area contributed by atoms with Gasteiger partial charge in [0, 0.05) is 12.4 Å². The molecule has 0 aliphatic carbocycles. The minimum absolute atomic E-state index is 0.652. The number of aldehydes is 1. The van der Waals surface area contributed by atoms with Crippen LogP contribution in [0.2, 0.25) is 0 Å². The van der Waals surface area contributed by atoms with Crippen LogP contribution in [-0.2, 0) is 0 Å². The highest BCUT2D eigenvalue weighted by Crippen LogP contribution is 2.21. The number of rotatable bonds is 2. The van der Waals surface area contributed by atoms with Crippen molar-refractivity contribution in [2.24, 2.45) is 0 Å². The number of hydrogen-bond donors (Lipinski definition) is 1. The lowest BCUT2D eigenvalue weighted by Crippen LogP contribution is -1.70. The van der Waals surface area contributed by atoms with Crippen LogP contribution < -0.4 is 0 Å². The lowest BCUT2D eigenvalue weighted by atomic mass is 10.5. The maximum atomic E-state index is 10.3. The first-order valence-electron chi connectivity index (χ1n) is 3.45. The molecule has 0 amide bonds. The standard InChI is InChI=1S/C8H6N2OS/c11-5-6-4-10-8(12-6)7-2-1-3-9-7/h1-5,9H. The zero-order chi connectivity index (χ0) is 8.39. The Labute approximate surface area is 73.1 Å². The molecule has 0 unspecified atom stereocenters. The Bertz CT molecular complexity index is 377. The van der Waals surface area contributed by atoms with E-state index in [4.69, 9.17) is 0 Å². The first-order valence-corrected chi connectivity index (χ1v) is 4.26. The molecule has 0 fully saturated rings. The Morgan fingerprint density at radius 2 is 2.50 bits per heavy atom. The fourth-order valence-electron chi connectivity index (χ4n) is 0.929. The van der Waals surface area contributed by atoms with Crippen LogP contribution in [0.3, 0.4) is 0 Å². The van der Waals surface area contributed by atoms with Crippen LogP contribution in [0.1, 0.15) is 9.67 Å². The maximum absolute atomic E-state index is 10.3. The summed E-state index contributed by atoms with van der Waals surface area (Å²) in [5.41, 5.74) is 0.952. The first-order chi connectivity index (χ1) is 5.90. The van der Waals surface area contributed by atoms with E-state index in [0.717, 1.165) is 17.0 Å². The van der Waals surface area contributed by atoms with Gasteiger partial charge < -0.3 is 4.98 Å². The lowest BCUT2D eigenvalue weighted by molar-refractivity contribution is 0.112. The monoisotopic (exact) mass is 178 g/mol. The van der Waals surface area contributed by atoms with Gasteiger partial charge in [-0.15, -0.1) is 11.3 Å². The minimum Gasteiger partial charge on any atom is -0.359 e. The largest absolute Gasteiger partial charge is 0.359 e. The summed E-state index contributed by atoms with van der Waals surface area (Å²) in [6.07, 6.45) is 4.22. The van der Waals surface area contributed by atoms with Crippen LogP contribution in [0.5, 0.6) is 0 Å². The van der Waals surface area contributed by atoms with Gasteiger partial charge in [0.25, 0.3) is 0 Å². The fraction of sp³-hybridized carbons (Fsp3) is 0. The van der Waals surface area contributed by atoms with E-state index < -0.39 is 0 Å². The van der Waals surface area contributed by atoms with E-state index in [-0.39, 0.29) is 0 Å². The molecule has 2 heterocycles. The summed E-state index contributed by atoms with van der Waals surface area (Å²) in [5.74, 6) is 0. The third-order valence-electron chi connectivity index (χ3n) is 1.47. The zero-order valence-corrected chi connectivity index (χ0v) is 6.97. The molecular weight excluding hydrogens is 172 g/mol. The SMILES string of the molecule is O=Cc1cnc(-c2ccc[nH]2)s1. The van der Waals surface area contributed by atoms with Gasteiger partial charge in [0.2, 0.25) is 0 Å². The van der Waals surface area contributed by atoms with Gasteiger partial charge >= 0.3 is 0 Å². The first kappa shape index (κ1) is 7.24. The summed E-state index contributed by atoms with van der Waals surface area (Å²) in [5, 5.41) is 0.849. The van der Waals surface area contributed by atoms with Gasteiger partial charge in [-0.2, -0.15) is 0 Å². The number of carbonyl (C=O) groups excluding carboxylic acids is 1. The number of carbonyl (C=O) groups is 1. The molecule has 2 aromatic heterocycles. The van der Waals surface area contributed by atoms with Crippen molar-refractivity contribution in [1.29, 1.82) is 0 Å². The molecule has 0 saturated heterocycles. The average molecular weight is 178 g/mol. The smallest absolute Gasteiger partial charge is 0.161 e. The zero-order valence-electron chi connectivity index (χ0n) is 6.15. The predicted octanol–water partition coefficient (Wildman–Crippen LogP) is 1.95. The van der Waals surface area contributed by atoms with Crippen molar-refractivity contribution < 1.29 is 4.79 Å². The summed E-state index contributed by atoms with van der Waals surface area (Å²) in [6, 6.07) is 3.82. The topological polar surface area (TPSA) is 45.8 Å². The normalized spacial score (nSPS) is 10.0. The average Bonchev–Trinajstić information content (AvgIpc) is 2.75. The number of hydrogen-bond acceptors (Lipinski definition) is 3. The molecule has 3 nitrogen and oxygen atoms in total. The molecule has 0 atom stereocenters. The van der Waals surface area contributed by atoms with E-state index in [0.29, 0.717) is 4.88 Å². The summed E-state index contributed by atoms with van der Waals surface area (Å²) < 4.78 is 0. The van der Waals surface area contributed by atoms with E-state index in [1.807, 2.05) is 18.3 Å². The van der Waals surface area contributed by atoms with Crippen molar-refractivity contribution in [3.05, 3.63) is 29.4 Å². The van der Waals surface area contributed by atoms with Gasteiger partial charge in [0.1, 0.15) is 5.01 Å². The molecule has 0 bridgehead atoms. The Hall–Kier alpha value is -1.42. The third kappa shape index (κ3) is 1.16. The molecular formula is C8H6N2OS. The second-order valence-corrected chi connectivity index (χ2v) is 3.33. The van der Waals surface area contributed by atoms with Crippen LogP contribution >= 0.6 is 11.3 Å². The summed E-state index contributed by atoms with van der Waals surface area (Å²) in [7, 11) is 0. The molecule has 0 aromatic carbocycles. The number of aromatic nitrogens is 2. The summed E-state index contributed by atoms with van der Waals surface area (Å²) in [6.45, 7) is 0. The second-order valence-electron chi connectivity index (χ2n) is 2.27. The molecule has 2 aromatic rings. The molecule has 0 aliphatic heterocycles. The van der Waals surface area contributed by atoms with E-state index in [1.165, 1.54) is 11.3 Å². The van der Waals surface area contributed by atoms with Gasteiger partial charge in [0.15, 0.2) is 6.29 Å². The van der Waals surface area contributed by atoms with E-state index in [2.05, 4.69) is 9.97 Å². The second kappa shape index (κ2) is 2.91. The number of aromatic amines is 1. The Balaban J connectivity index is 2.41. The quantitative estimate of drug-likeness (QED) is 0.714. The van der Waals surface area contributed by atoms with Crippen molar-refractivity contribution >= 4 is 17.6 Å². The third-order valence-corrected chi connectivity index (χ3v) is 2.42. The highest BCUT2D eigenvalue weighted by Gasteiger charge is 2.03. The van der Waals surface area contributed by atoms with Crippen LogP contribution in [-0.4, -0.2) is 16.3 Å². The van der Waals surface area contributed by atoms with Gasteiger partial charge in [-0.3, -0.25) is 4.79 Å². The van der Waals surface area contributed by atoms with Crippen molar-refractivity contribution in [3.63, 3.8) is 0 Å². The van der Waals surface area contributed by atoms with Gasteiger partial charge in [-0.05, 0) is 12.1 Å².